The number of hydrogen-bond acceptors (Lipinski definition) is 2. The zero-order valence-electron chi connectivity index (χ0n) is 9.46. The third-order valence-corrected chi connectivity index (χ3v) is 2.89. The zero-order chi connectivity index (χ0) is 10.4. The summed E-state index contributed by atoms with van der Waals surface area (Å²) < 4.78 is 5.52. The fourth-order valence-electron chi connectivity index (χ4n) is 2.15. The highest BCUT2D eigenvalue weighted by Gasteiger charge is 2.22. The van der Waals surface area contributed by atoms with Crippen LogP contribution < -0.4 is 5.73 Å². The Bertz CT molecular complexity index is 183. The first-order chi connectivity index (χ1) is 6.79. The van der Waals surface area contributed by atoms with Crippen molar-refractivity contribution in [3.05, 3.63) is 11.8 Å². The van der Waals surface area contributed by atoms with E-state index in [-0.39, 0.29) is 6.04 Å². The van der Waals surface area contributed by atoms with Gasteiger partial charge in [0.25, 0.3) is 0 Å². The number of ether oxygens (including phenoxy) is 1. The highest BCUT2D eigenvalue weighted by atomic mass is 16.5. The lowest BCUT2D eigenvalue weighted by Crippen LogP contribution is -2.32. The topological polar surface area (TPSA) is 35.2 Å². The Labute approximate surface area is 87.5 Å². The van der Waals surface area contributed by atoms with Crippen LogP contribution in [0, 0.1) is 5.92 Å². The molecule has 0 spiro atoms. The summed E-state index contributed by atoms with van der Waals surface area (Å²) in [7, 11) is 0. The van der Waals surface area contributed by atoms with E-state index >= 15 is 0 Å². The van der Waals surface area contributed by atoms with Crippen LogP contribution in [0.25, 0.3) is 0 Å². The Morgan fingerprint density at radius 3 is 2.43 bits per heavy atom. The largest absolute Gasteiger partial charge is 0.496 e. The van der Waals surface area contributed by atoms with Crippen molar-refractivity contribution in [1.29, 1.82) is 0 Å². The molecule has 2 N–H and O–H groups in total. The van der Waals surface area contributed by atoms with Gasteiger partial charge in [0.05, 0.1) is 12.6 Å². The van der Waals surface area contributed by atoms with Crippen LogP contribution in [-0.2, 0) is 4.74 Å². The van der Waals surface area contributed by atoms with E-state index in [1.807, 2.05) is 0 Å². The molecule has 1 aliphatic rings. The average Bonchev–Trinajstić information content (AvgIpc) is 2.69. The van der Waals surface area contributed by atoms with Crippen molar-refractivity contribution in [2.45, 2.75) is 52.0 Å². The molecule has 14 heavy (non-hydrogen) atoms. The van der Waals surface area contributed by atoms with Crippen molar-refractivity contribution in [2.24, 2.45) is 11.7 Å². The predicted molar refractivity (Wildman–Crippen MR) is 59.9 cm³/mol. The van der Waals surface area contributed by atoms with Crippen molar-refractivity contribution < 1.29 is 4.74 Å². The van der Waals surface area contributed by atoms with Crippen molar-refractivity contribution in [3.63, 3.8) is 0 Å². The molecule has 1 aliphatic heterocycles. The van der Waals surface area contributed by atoms with E-state index in [0.717, 1.165) is 18.8 Å². The Balaban J connectivity index is 2.48. The lowest BCUT2D eigenvalue weighted by Gasteiger charge is -2.23. The minimum atomic E-state index is 0.136. The molecule has 0 saturated carbocycles. The first-order valence-corrected chi connectivity index (χ1v) is 5.88. The lowest BCUT2D eigenvalue weighted by molar-refractivity contribution is 0.200. The van der Waals surface area contributed by atoms with E-state index in [2.05, 4.69) is 19.9 Å². The highest BCUT2D eigenvalue weighted by molar-refractivity contribution is 5.07. The second-order valence-corrected chi connectivity index (χ2v) is 4.11. The van der Waals surface area contributed by atoms with Crippen LogP contribution in [0.4, 0.5) is 0 Å². The molecule has 0 aromatic rings. The molecule has 82 valence electrons. The van der Waals surface area contributed by atoms with Gasteiger partial charge < -0.3 is 10.5 Å². The molecule has 2 nitrogen and oxygen atoms in total. The number of nitrogens with two attached hydrogens (primary N) is 1. The Morgan fingerprint density at radius 1 is 1.36 bits per heavy atom. The molecule has 0 aromatic carbocycles. The van der Waals surface area contributed by atoms with Crippen molar-refractivity contribution in [1.82, 2.24) is 0 Å². The molecule has 0 aliphatic carbocycles. The highest BCUT2D eigenvalue weighted by Crippen LogP contribution is 2.24. The van der Waals surface area contributed by atoms with Gasteiger partial charge in [0.2, 0.25) is 0 Å². The minimum absolute atomic E-state index is 0.136. The Hall–Kier alpha value is -0.500. The van der Waals surface area contributed by atoms with Crippen molar-refractivity contribution in [3.8, 4) is 0 Å². The molecule has 0 saturated heterocycles. The third-order valence-electron chi connectivity index (χ3n) is 2.89. The molecule has 0 bridgehead atoms. The molecule has 1 heterocycles. The first-order valence-electron chi connectivity index (χ1n) is 5.88. The van der Waals surface area contributed by atoms with E-state index in [9.17, 15) is 0 Å². The van der Waals surface area contributed by atoms with E-state index in [1.165, 1.54) is 25.7 Å². The summed E-state index contributed by atoms with van der Waals surface area (Å²) in [5, 5.41) is 0. The van der Waals surface area contributed by atoms with Gasteiger partial charge in [-0.15, -0.1) is 0 Å². The molecule has 0 fully saturated rings. The molecule has 0 amide bonds. The standard InChI is InChI=1S/C12H23NO/c1-3-6-10(7-4-2)12(13)11-8-5-9-14-11/h8,10,12H,3-7,9,13H2,1-2H3. The quantitative estimate of drug-likeness (QED) is 0.710. The number of hydrogen-bond donors (Lipinski definition) is 1. The van der Waals surface area contributed by atoms with Crippen LogP contribution in [0.3, 0.4) is 0 Å². The summed E-state index contributed by atoms with van der Waals surface area (Å²) in [5.74, 6) is 1.64. The smallest absolute Gasteiger partial charge is 0.109 e. The maximum atomic E-state index is 6.20. The van der Waals surface area contributed by atoms with E-state index < -0.39 is 0 Å². The van der Waals surface area contributed by atoms with Gasteiger partial charge in [-0.1, -0.05) is 26.7 Å². The van der Waals surface area contributed by atoms with Crippen LogP contribution in [-0.4, -0.2) is 12.6 Å². The molecular weight excluding hydrogens is 174 g/mol. The molecule has 1 rings (SSSR count). The Morgan fingerprint density at radius 2 is 2.00 bits per heavy atom. The maximum absolute atomic E-state index is 6.20. The van der Waals surface area contributed by atoms with Gasteiger partial charge in [0, 0.05) is 6.42 Å². The first kappa shape index (κ1) is 11.6. The van der Waals surface area contributed by atoms with Gasteiger partial charge in [0.15, 0.2) is 0 Å². The molecular formula is C12H23NO. The normalized spacial score (nSPS) is 18.1. The van der Waals surface area contributed by atoms with Crippen LogP contribution in [0.15, 0.2) is 11.8 Å². The molecule has 0 radical (unpaired) electrons. The summed E-state index contributed by atoms with van der Waals surface area (Å²) in [5.41, 5.74) is 6.20. The van der Waals surface area contributed by atoms with E-state index in [1.54, 1.807) is 0 Å². The Kier molecular flexibility index (Phi) is 5.02. The second kappa shape index (κ2) is 6.07. The van der Waals surface area contributed by atoms with Crippen molar-refractivity contribution >= 4 is 0 Å². The fraction of sp³-hybridized carbons (Fsp3) is 0.833. The SMILES string of the molecule is CCCC(CCC)C(N)C1=CCCO1. The molecule has 0 aromatic heterocycles. The van der Waals surface area contributed by atoms with Gasteiger partial charge >= 0.3 is 0 Å². The summed E-state index contributed by atoms with van der Waals surface area (Å²) in [6.07, 6.45) is 8.06. The van der Waals surface area contributed by atoms with Gasteiger partial charge in [-0.3, -0.25) is 0 Å². The van der Waals surface area contributed by atoms with Gasteiger partial charge in [-0.25, -0.2) is 0 Å². The summed E-state index contributed by atoms with van der Waals surface area (Å²) in [6, 6.07) is 0.136. The summed E-state index contributed by atoms with van der Waals surface area (Å²) in [4.78, 5) is 0. The van der Waals surface area contributed by atoms with Crippen LogP contribution in [0.2, 0.25) is 0 Å². The van der Waals surface area contributed by atoms with Gasteiger partial charge in [0.1, 0.15) is 5.76 Å². The molecule has 1 atom stereocenters. The second-order valence-electron chi connectivity index (χ2n) is 4.11. The van der Waals surface area contributed by atoms with Crippen LogP contribution in [0.1, 0.15) is 46.0 Å². The van der Waals surface area contributed by atoms with E-state index in [0.29, 0.717) is 5.92 Å². The van der Waals surface area contributed by atoms with Crippen LogP contribution in [0.5, 0.6) is 0 Å². The molecule has 2 heteroatoms. The average molecular weight is 197 g/mol. The monoisotopic (exact) mass is 197 g/mol. The summed E-state index contributed by atoms with van der Waals surface area (Å²) >= 11 is 0. The van der Waals surface area contributed by atoms with Gasteiger partial charge in [-0.2, -0.15) is 0 Å². The third kappa shape index (κ3) is 3.02. The van der Waals surface area contributed by atoms with Crippen molar-refractivity contribution in [2.75, 3.05) is 6.61 Å². The predicted octanol–water partition coefficient (Wildman–Crippen LogP) is 2.83. The zero-order valence-corrected chi connectivity index (χ0v) is 9.46. The van der Waals surface area contributed by atoms with E-state index in [4.69, 9.17) is 10.5 Å². The molecule has 1 unspecified atom stereocenters. The van der Waals surface area contributed by atoms with Gasteiger partial charge in [-0.05, 0) is 24.8 Å². The maximum Gasteiger partial charge on any atom is 0.109 e. The summed E-state index contributed by atoms with van der Waals surface area (Å²) in [6.45, 7) is 5.27. The lowest BCUT2D eigenvalue weighted by atomic mass is 9.90. The van der Waals surface area contributed by atoms with Crippen LogP contribution >= 0.6 is 0 Å². The minimum Gasteiger partial charge on any atom is -0.496 e. The fourth-order valence-corrected chi connectivity index (χ4v) is 2.15. The number of rotatable bonds is 6.